The molecule has 0 atom stereocenters. The van der Waals surface area contributed by atoms with E-state index in [-0.39, 0.29) is 6.04 Å². The lowest BCUT2D eigenvalue weighted by molar-refractivity contribution is 0.0342. The average Bonchev–Trinajstić information content (AvgIpc) is 2.52. The lowest BCUT2D eigenvalue weighted by Gasteiger charge is -2.27. The molecule has 2 fully saturated rings. The summed E-state index contributed by atoms with van der Waals surface area (Å²) >= 11 is 0. The Hall–Kier alpha value is -1.11. The van der Waals surface area contributed by atoms with Crippen molar-refractivity contribution < 1.29 is 13.2 Å². The fourth-order valence-electron chi connectivity index (χ4n) is 2.99. The number of ether oxygens (including phenoxy) is 1. The molecular weight excluding hydrogens is 300 g/mol. The van der Waals surface area contributed by atoms with Crippen molar-refractivity contribution in [2.45, 2.75) is 25.4 Å². The molecule has 1 N–H and O–H groups in total. The van der Waals surface area contributed by atoms with Crippen LogP contribution in [0.25, 0.3) is 0 Å². The predicted molar refractivity (Wildman–Crippen MR) is 87.8 cm³/mol. The topological polar surface area (TPSA) is 58.6 Å². The van der Waals surface area contributed by atoms with Gasteiger partial charge in [-0.2, -0.15) is 0 Å². The van der Waals surface area contributed by atoms with Crippen molar-refractivity contribution in [2.75, 3.05) is 43.1 Å². The Kier molecular flexibility index (Phi) is 5.00. The number of nitrogens with zero attached hydrogens (tertiary/aromatic N) is 1. The van der Waals surface area contributed by atoms with Gasteiger partial charge in [-0.25, -0.2) is 8.42 Å². The average molecular weight is 324 g/mol. The molecule has 2 aliphatic rings. The zero-order valence-electron chi connectivity index (χ0n) is 12.8. The number of hydrogen-bond acceptors (Lipinski definition) is 5. The Morgan fingerprint density at radius 3 is 2.36 bits per heavy atom. The van der Waals surface area contributed by atoms with Crippen LogP contribution in [0.3, 0.4) is 0 Å². The summed E-state index contributed by atoms with van der Waals surface area (Å²) in [5, 5.41) is 3.45. The third-order valence-corrected chi connectivity index (χ3v) is 6.10. The van der Waals surface area contributed by atoms with E-state index >= 15 is 0 Å². The fraction of sp³-hybridized carbons (Fsp3) is 0.625. The first-order valence-corrected chi connectivity index (χ1v) is 9.79. The molecule has 0 saturated carbocycles. The Balaban J connectivity index is 1.51. The van der Waals surface area contributed by atoms with Crippen LogP contribution in [0.1, 0.15) is 18.4 Å². The zero-order chi connectivity index (χ0) is 15.4. The summed E-state index contributed by atoms with van der Waals surface area (Å²) in [6, 6.07) is 8.76. The van der Waals surface area contributed by atoms with Crippen molar-refractivity contribution in [1.82, 2.24) is 4.90 Å². The Morgan fingerprint density at radius 1 is 1.09 bits per heavy atom. The summed E-state index contributed by atoms with van der Waals surface area (Å²) < 4.78 is 28.2. The highest BCUT2D eigenvalue weighted by molar-refractivity contribution is 7.91. The Labute approximate surface area is 132 Å². The van der Waals surface area contributed by atoms with Crippen molar-refractivity contribution in [3.63, 3.8) is 0 Å². The van der Waals surface area contributed by atoms with E-state index in [2.05, 4.69) is 34.5 Å². The highest BCUT2D eigenvalue weighted by Crippen LogP contribution is 2.19. The van der Waals surface area contributed by atoms with E-state index in [1.807, 2.05) is 0 Å². The zero-order valence-corrected chi connectivity index (χ0v) is 13.6. The third-order valence-electron chi connectivity index (χ3n) is 4.39. The fourth-order valence-corrected chi connectivity index (χ4v) is 4.49. The van der Waals surface area contributed by atoms with Crippen molar-refractivity contribution in [2.24, 2.45) is 0 Å². The molecule has 2 aliphatic heterocycles. The minimum atomic E-state index is -2.79. The summed E-state index contributed by atoms with van der Waals surface area (Å²) in [6.07, 6.45) is 1.41. The molecular formula is C16H24N2O3S. The summed E-state index contributed by atoms with van der Waals surface area (Å²) in [6.45, 7) is 4.60. The van der Waals surface area contributed by atoms with Gasteiger partial charge in [0, 0.05) is 31.4 Å². The molecule has 2 saturated heterocycles. The van der Waals surface area contributed by atoms with E-state index in [4.69, 9.17) is 4.74 Å². The van der Waals surface area contributed by atoms with Crippen molar-refractivity contribution in [3.8, 4) is 0 Å². The Bertz CT molecular complexity index is 566. The van der Waals surface area contributed by atoms with E-state index in [1.165, 1.54) is 5.56 Å². The lowest BCUT2D eigenvalue weighted by Crippen LogP contribution is -2.35. The maximum Gasteiger partial charge on any atom is 0.150 e. The first-order valence-electron chi connectivity index (χ1n) is 7.97. The molecule has 122 valence electrons. The molecule has 0 bridgehead atoms. The second kappa shape index (κ2) is 6.98. The molecule has 0 unspecified atom stereocenters. The van der Waals surface area contributed by atoms with Gasteiger partial charge in [0.25, 0.3) is 0 Å². The summed E-state index contributed by atoms with van der Waals surface area (Å²) in [5.41, 5.74) is 2.38. The SMILES string of the molecule is O=S1(=O)CCC(Nc2ccc(CN3CCOCC3)cc2)CC1. The summed E-state index contributed by atoms with van der Waals surface area (Å²) in [5.74, 6) is 0.611. The molecule has 3 rings (SSSR count). The van der Waals surface area contributed by atoms with Crippen LogP contribution < -0.4 is 5.32 Å². The molecule has 6 heteroatoms. The molecule has 0 amide bonds. The molecule has 0 aliphatic carbocycles. The maximum atomic E-state index is 11.4. The van der Waals surface area contributed by atoms with Gasteiger partial charge >= 0.3 is 0 Å². The first-order chi connectivity index (χ1) is 10.6. The molecule has 2 heterocycles. The van der Waals surface area contributed by atoms with E-state index in [0.29, 0.717) is 24.3 Å². The summed E-state index contributed by atoms with van der Waals surface area (Å²) in [7, 11) is -2.79. The number of morpholine rings is 1. The van der Waals surface area contributed by atoms with Crippen LogP contribution in [0.5, 0.6) is 0 Å². The predicted octanol–water partition coefficient (Wildman–Crippen LogP) is 1.51. The minimum absolute atomic E-state index is 0.272. The van der Waals surface area contributed by atoms with Crippen LogP contribution in [0, 0.1) is 0 Å². The van der Waals surface area contributed by atoms with Crippen LogP contribution in [-0.4, -0.2) is 57.2 Å². The second-order valence-corrected chi connectivity index (χ2v) is 8.46. The molecule has 0 radical (unpaired) electrons. The number of anilines is 1. The van der Waals surface area contributed by atoms with Gasteiger partial charge in [-0.3, -0.25) is 4.90 Å². The van der Waals surface area contributed by atoms with Crippen LogP contribution in [0.15, 0.2) is 24.3 Å². The number of nitrogens with one attached hydrogen (secondary N) is 1. The standard InChI is InChI=1S/C16H24N2O3S/c19-22(20)11-5-16(6-12-22)17-15-3-1-14(2-4-15)13-18-7-9-21-10-8-18/h1-4,16-17H,5-13H2. The van der Waals surface area contributed by atoms with Crippen molar-refractivity contribution in [1.29, 1.82) is 0 Å². The van der Waals surface area contributed by atoms with E-state index < -0.39 is 9.84 Å². The van der Waals surface area contributed by atoms with E-state index in [0.717, 1.165) is 38.5 Å². The van der Waals surface area contributed by atoms with Crippen molar-refractivity contribution >= 4 is 15.5 Å². The van der Waals surface area contributed by atoms with Gasteiger partial charge in [0.15, 0.2) is 0 Å². The molecule has 22 heavy (non-hydrogen) atoms. The normalized spacial score (nSPS) is 23.3. The third kappa shape index (κ3) is 4.44. The number of rotatable bonds is 4. The van der Waals surface area contributed by atoms with Gasteiger partial charge in [-0.05, 0) is 30.5 Å². The van der Waals surface area contributed by atoms with Gasteiger partial charge in [0.2, 0.25) is 0 Å². The smallest absolute Gasteiger partial charge is 0.150 e. The molecule has 0 aromatic heterocycles. The quantitative estimate of drug-likeness (QED) is 0.910. The van der Waals surface area contributed by atoms with Crippen LogP contribution in [0.4, 0.5) is 5.69 Å². The largest absolute Gasteiger partial charge is 0.382 e. The minimum Gasteiger partial charge on any atom is -0.382 e. The van der Waals surface area contributed by atoms with Crippen molar-refractivity contribution in [3.05, 3.63) is 29.8 Å². The van der Waals surface area contributed by atoms with Gasteiger partial charge in [0.05, 0.1) is 24.7 Å². The van der Waals surface area contributed by atoms with E-state index in [9.17, 15) is 8.42 Å². The number of hydrogen-bond donors (Lipinski definition) is 1. The first kappa shape index (κ1) is 15.8. The number of sulfone groups is 1. The number of benzene rings is 1. The van der Waals surface area contributed by atoms with Gasteiger partial charge in [0.1, 0.15) is 9.84 Å². The molecule has 1 aromatic carbocycles. The highest BCUT2D eigenvalue weighted by atomic mass is 32.2. The van der Waals surface area contributed by atoms with E-state index in [1.54, 1.807) is 0 Å². The lowest BCUT2D eigenvalue weighted by atomic mass is 10.1. The molecule has 1 aromatic rings. The second-order valence-electron chi connectivity index (χ2n) is 6.16. The van der Waals surface area contributed by atoms with Gasteiger partial charge in [-0.15, -0.1) is 0 Å². The van der Waals surface area contributed by atoms with Crippen LogP contribution >= 0.6 is 0 Å². The molecule has 0 spiro atoms. The van der Waals surface area contributed by atoms with Crippen LogP contribution in [-0.2, 0) is 21.1 Å². The Morgan fingerprint density at radius 2 is 1.73 bits per heavy atom. The monoisotopic (exact) mass is 324 g/mol. The van der Waals surface area contributed by atoms with Crippen LogP contribution in [0.2, 0.25) is 0 Å². The summed E-state index contributed by atoms with van der Waals surface area (Å²) in [4.78, 5) is 2.40. The highest BCUT2D eigenvalue weighted by Gasteiger charge is 2.23. The molecule has 5 nitrogen and oxygen atoms in total. The van der Waals surface area contributed by atoms with Gasteiger partial charge in [-0.1, -0.05) is 12.1 Å². The van der Waals surface area contributed by atoms with Gasteiger partial charge < -0.3 is 10.1 Å². The maximum absolute atomic E-state index is 11.4.